The van der Waals surface area contributed by atoms with Gasteiger partial charge in [0.2, 0.25) is 11.8 Å². The molecule has 4 nitrogen and oxygen atoms in total. The second-order valence-electron chi connectivity index (χ2n) is 3.06. The Kier molecular flexibility index (Phi) is 3.71. The van der Waals surface area contributed by atoms with Crippen molar-refractivity contribution in [3.8, 4) is 11.6 Å². The van der Waals surface area contributed by atoms with Crippen molar-refractivity contribution in [1.82, 2.24) is 9.97 Å². The highest BCUT2D eigenvalue weighted by Gasteiger charge is 2.09. The summed E-state index contributed by atoms with van der Waals surface area (Å²) in [6.45, 7) is 0. The Hall–Kier alpha value is -1.04. The largest absolute Gasteiger partial charge is 0.436 e. The Morgan fingerprint density at radius 2 is 2.06 bits per heavy atom. The molecule has 0 aliphatic carbocycles. The second-order valence-corrected chi connectivity index (χ2v) is 4.76. The van der Waals surface area contributed by atoms with Gasteiger partial charge in [-0.1, -0.05) is 23.2 Å². The summed E-state index contributed by atoms with van der Waals surface area (Å²) in [5.74, 6) is 0.793. The third-order valence-electron chi connectivity index (χ3n) is 1.83. The van der Waals surface area contributed by atoms with Gasteiger partial charge in [0.05, 0.1) is 15.7 Å². The van der Waals surface area contributed by atoms with Crippen LogP contribution in [-0.4, -0.2) is 9.97 Å². The summed E-state index contributed by atoms with van der Waals surface area (Å²) >= 11 is 15.1. The van der Waals surface area contributed by atoms with Gasteiger partial charge < -0.3 is 10.5 Å². The van der Waals surface area contributed by atoms with Crippen molar-refractivity contribution in [1.29, 1.82) is 0 Å². The summed E-state index contributed by atoms with van der Waals surface area (Å²) in [6.07, 6.45) is 1.50. The molecule has 0 unspecified atom stereocenters. The van der Waals surface area contributed by atoms with Crippen LogP contribution in [0.5, 0.6) is 11.6 Å². The number of nitrogens with two attached hydrogens (primary N) is 1. The van der Waals surface area contributed by atoms with Gasteiger partial charge in [-0.05, 0) is 28.1 Å². The van der Waals surface area contributed by atoms with Crippen LogP contribution in [0.4, 0.5) is 5.95 Å². The first-order valence-corrected chi connectivity index (χ1v) is 6.02. The van der Waals surface area contributed by atoms with Crippen LogP contribution in [0.3, 0.4) is 0 Å². The molecule has 0 saturated heterocycles. The summed E-state index contributed by atoms with van der Waals surface area (Å²) in [5.41, 5.74) is 5.47. The van der Waals surface area contributed by atoms with Crippen LogP contribution < -0.4 is 10.5 Å². The standard InChI is InChI=1S/C10H6BrCl2N3O/c11-6-4-15-10(14)16-9(6)17-8-3-5(12)1-2-7(8)13/h1-4H,(H2,14,15,16). The lowest BCUT2D eigenvalue weighted by Crippen LogP contribution is -1.97. The number of hydrogen-bond donors (Lipinski definition) is 1. The Bertz CT molecular complexity index is 516. The van der Waals surface area contributed by atoms with Crippen LogP contribution in [0, 0.1) is 0 Å². The lowest BCUT2D eigenvalue weighted by atomic mass is 10.3. The Balaban J connectivity index is 2.37. The van der Waals surface area contributed by atoms with Gasteiger partial charge in [0.1, 0.15) is 5.75 Å². The number of aromatic nitrogens is 2. The third-order valence-corrected chi connectivity index (χ3v) is 2.92. The summed E-state index contributed by atoms with van der Waals surface area (Å²) in [5, 5.41) is 0.945. The average Bonchev–Trinajstić information content (AvgIpc) is 2.28. The molecule has 1 heterocycles. The average molecular weight is 335 g/mol. The minimum Gasteiger partial charge on any atom is -0.436 e. The summed E-state index contributed by atoms with van der Waals surface area (Å²) < 4.78 is 6.08. The number of halogens is 3. The van der Waals surface area contributed by atoms with E-state index in [-0.39, 0.29) is 11.8 Å². The van der Waals surface area contributed by atoms with E-state index in [2.05, 4.69) is 25.9 Å². The van der Waals surface area contributed by atoms with E-state index in [4.69, 9.17) is 33.7 Å². The van der Waals surface area contributed by atoms with Crippen molar-refractivity contribution >= 4 is 45.1 Å². The van der Waals surface area contributed by atoms with Crippen molar-refractivity contribution < 1.29 is 4.74 Å². The maximum Gasteiger partial charge on any atom is 0.238 e. The topological polar surface area (TPSA) is 61.0 Å². The minimum absolute atomic E-state index is 0.112. The fraction of sp³-hybridized carbons (Fsp3) is 0. The number of ether oxygens (including phenoxy) is 1. The van der Waals surface area contributed by atoms with E-state index >= 15 is 0 Å². The van der Waals surface area contributed by atoms with Crippen LogP contribution in [0.25, 0.3) is 0 Å². The highest BCUT2D eigenvalue weighted by atomic mass is 79.9. The molecular formula is C10H6BrCl2N3O. The summed E-state index contributed by atoms with van der Waals surface area (Å²) in [6, 6.07) is 4.90. The van der Waals surface area contributed by atoms with Crippen molar-refractivity contribution in [2.45, 2.75) is 0 Å². The van der Waals surface area contributed by atoms with E-state index in [0.717, 1.165) is 0 Å². The van der Waals surface area contributed by atoms with E-state index in [1.807, 2.05) is 0 Å². The van der Waals surface area contributed by atoms with Crippen LogP contribution >= 0.6 is 39.1 Å². The van der Waals surface area contributed by atoms with Crippen LogP contribution in [0.2, 0.25) is 10.0 Å². The first-order chi connectivity index (χ1) is 8.06. The monoisotopic (exact) mass is 333 g/mol. The Labute approximate surface area is 116 Å². The van der Waals surface area contributed by atoms with Gasteiger partial charge in [0.15, 0.2) is 0 Å². The van der Waals surface area contributed by atoms with Gasteiger partial charge in [-0.2, -0.15) is 4.98 Å². The number of anilines is 1. The van der Waals surface area contributed by atoms with Gasteiger partial charge in [-0.3, -0.25) is 0 Å². The molecule has 0 radical (unpaired) electrons. The zero-order valence-corrected chi connectivity index (χ0v) is 11.4. The molecule has 2 rings (SSSR count). The number of benzene rings is 1. The number of nitrogens with zero attached hydrogens (tertiary/aromatic N) is 2. The molecule has 0 fully saturated rings. The van der Waals surface area contributed by atoms with Crippen LogP contribution in [0.1, 0.15) is 0 Å². The van der Waals surface area contributed by atoms with Gasteiger partial charge >= 0.3 is 0 Å². The Morgan fingerprint density at radius 3 is 2.82 bits per heavy atom. The van der Waals surface area contributed by atoms with Crippen molar-refractivity contribution in [3.05, 3.63) is 38.9 Å². The summed E-state index contributed by atoms with van der Waals surface area (Å²) in [7, 11) is 0. The second kappa shape index (κ2) is 5.08. The molecule has 0 aliphatic heterocycles. The molecule has 2 N–H and O–H groups in total. The van der Waals surface area contributed by atoms with E-state index in [0.29, 0.717) is 20.3 Å². The van der Waals surface area contributed by atoms with Crippen LogP contribution in [-0.2, 0) is 0 Å². The molecule has 0 spiro atoms. The Morgan fingerprint density at radius 1 is 1.29 bits per heavy atom. The molecule has 0 saturated carbocycles. The minimum atomic E-state index is 0.112. The third kappa shape index (κ3) is 3.00. The van der Waals surface area contributed by atoms with Crippen LogP contribution in [0.15, 0.2) is 28.9 Å². The van der Waals surface area contributed by atoms with Gasteiger partial charge in [-0.25, -0.2) is 4.98 Å². The maximum absolute atomic E-state index is 5.96. The molecule has 0 aliphatic rings. The zero-order chi connectivity index (χ0) is 12.4. The molecule has 1 aromatic heterocycles. The quantitative estimate of drug-likeness (QED) is 0.904. The molecule has 0 atom stereocenters. The molecule has 88 valence electrons. The predicted octanol–water partition coefficient (Wildman–Crippen LogP) is 3.92. The van der Waals surface area contributed by atoms with Crippen molar-refractivity contribution in [3.63, 3.8) is 0 Å². The number of nitrogen functional groups attached to an aromatic ring is 1. The molecule has 7 heteroatoms. The van der Waals surface area contributed by atoms with Gasteiger partial charge in [0, 0.05) is 11.1 Å². The van der Waals surface area contributed by atoms with Crippen molar-refractivity contribution in [2.75, 3.05) is 5.73 Å². The summed E-state index contributed by atoms with van der Waals surface area (Å²) in [4.78, 5) is 7.74. The fourth-order valence-electron chi connectivity index (χ4n) is 1.10. The highest BCUT2D eigenvalue weighted by Crippen LogP contribution is 2.33. The molecular weight excluding hydrogens is 329 g/mol. The molecule has 2 aromatic rings. The van der Waals surface area contributed by atoms with Gasteiger partial charge in [-0.15, -0.1) is 0 Å². The molecule has 0 bridgehead atoms. The molecule has 0 amide bonds. The first kappa shape index (κ1) is 12.4. The smallest absolute Gasteiger partial charge is 0.238 e. The normalized spacial score (nSPS) is 10.3. The fourth-order valence-corrected chi connectivity index (χ4v) is 1.69. The van der Waals surface area contributed by atoms with Gasteiger partial charge in [0.25, 0.3) is 0 Å². The zero-order valence-electron chi connectivity index (χ0n) is 8.32. The van der Waals surface area contributed by atoms with E-state index in [9.17, 15) is 0 Å². The predicted molar refractivity (Wildman–Crippen MR) is 70.7 cm³/mol. The van der Waals surface area contributed by atoms with E-state index in [1.165, 1.54) is 6.20 Å². The molecule has 1 aromatic carbocycles. The molecule has 17 heavy (non-hydrogen) atoms. The van der Waals surface area contributed by atoms with E-state index in [1.54, 1.807) is 18.2 Å². The highest BCUT2D eigenvalue weighted by molar-refractivity contribution is 9.10. The number of hydrogen-bond acceptors (Lipinski definition) is 4. The first-order valence-electron chi connectivity index (χ1n) is 4.47. The SMILES string of the molecule is Nc1ncc(Br)c(Oc2cc(Cl)ccc2Cl)n1. The lowest BCUT2D eigenvalue weighted by Gasteiger charge is -2.08. The lowest BCUT2D eigenvalue weighted by molar-refractivity contribution is 0.459. The maximum atomic E-state index is 5.96. The van der Waals surface area contributed by atoms with E-state index < -0.39 is 0 Å². The number of rotatable bonds is 2. The van der Waals surface area contributed by atoms with Crippen molar-refractivity contribution in [2.24, 2.45) is 0 Å².